The van der Waals surface area contributed by atoms with E-state index in [0.717, 1.165) is 47.7 Å². The van der Waals surface area contributed by atoms with Gasteiger partial charge in [0.15, 0.2) is 5.65 Å². The maximum absolute atomic E-state index is 11.6. The first-order valence-corrected chi connectivity index (χ1v) is 9.16. The Kier molecular flexibility index (Phi) is 6.03. The SMILES string of the molecule is CN(C)C(=O)CCCCNc1ccc2ncc(-c3ccc(CN)cc3)n2n1. The van der Waals surface area contributed by atoms with Crippen molar-refractivity contribution in [3.05, 3.63) is 48.2 Å². The molecule has 0 spiro atoms. The Morgan fingerprint density at radius 1 is 1.15 bits per heavy atom. The van der Waals surface area contributed by atoms with E-state index in [4.69, 9.17) is 5.73 Å². The monoisotopic (exact) mass is 366 g/mol. The fraction of sp³-hybridized carbons (Fsp3) is 0.350. The third-order valence-corrected chi connectivity index (χ3v) is 4.47. The molecule has 0 aliphatic rings. The van der Waals surface area contributed by atoms with Crippen LogP contribution >= 0.6 is 0 Å². The first kappa shape index (κ1) is 18.8. The number of fused-ring (bicyclic) bond motifs is 1. The molecule has 1 amide bonds. The number of nitrogens with one attached hydrogen (secondary N) is 1. The topological polar surface area (TPSA) is 88.5 Å². The van der Waals surface area contributed by atoms with Gasteiger partial charge in [-0.1, -0.05) is 24.3 Å². The average molecular weight is 366 g/mol. The lowest BCUT2D eigenvalue weighted by atomic mass is 10.1. The quantitative estimate of drug-likeness (QED) is 0.598. The maximum atomic E-state index is 11.6. The minimum absolute atomic E-state index is 0.165. The van der Waals surface area contributed by atoms with Crippen molar-refractivity contribution in [3.8, 4) is 11.3 Å². The molecule has 0 saturated heterocycles. The van der Waals surface area contributed by atoms with Gasteiger partial charge < -0.3 is 16.0 Å². The fourth-order valence-corrected chi connectivity index (χ4v) is 2.82. The molecule has 0 aliphatic carbocycles. The molecule has 142 valence electrons. The van der Waals surface area contributed by atoms with Gasteiger partial charge in [0.2, 0.25) is 5.91 Å². The van der Waals surface area contributed by atoms with Crippen LogP contribution in [0.2, 0.25) is 0 Å². The standard InChI is InChI=1S/C20H26N6O/c1-25(2)20(27)5-3-4-12-22-18-10-11-19-23-14-17(26(19)24-18)16-8-6-15(13-21)7-9-16/h6-11,14H,3-5,12-13,21H2,1-2H3,(H,22,24). The van der Waals surface area contributed by atoms with Crippen molar-refractivity contribution in [3.63, 3.8) is 0 Å². The highest BCUT2D eigenvalue weighted by Crippen LogP contribution is 2.21. The van der Waals surface area contributed by atoms with E-state index in [1.165, 1.54) is 0 Å². The molecule has 7 heteroatoms. The molecule has 0 atom stereocenters. The van der Waals surface area contributed by atoms with Gasteiger partial charge in [0.05, 0.1) is 11.9 Å². The van der Waals surface area contributed by atoms with Crippen LogP contribution in [-0.4, -0.2) is 46.0 Å². The molecule has 0 unspecified atom stereocenters. The molecular weight excluding hydrogens is 340 g/mol. The number of carbonyl (C=O) groups excluding carboxylic acids is 1. The number of imidazole rings is 1. The van der Waals surface area contributed by atoms with Gasteiger partial charge in [-0.3, -0.25) is 4.79 Å². The summed E-state index contributed by atoms with van der Waals surface area (Å²) in [4.78, 5) is 17.6. The van der Waals surface area contributed by atoms with Crippen molar-refractivity contribution in [2.24, 2.45) is 5.73 Å². The zero-order chi connectivity index (χ0) is 19.2. The molecule has 2 aromatic heterocycles. The second-order valence-electron chi connectivity index (χ2n) is 6.71. The summed E-state index contributed by atoms with van der Waals surface area (Å²) in [5.41, 5.74) is 9.55. The first-order chi connectivity index (χ1) is 13.1. The number of rotatable bonds is 8. The van der Waals surface area contributed by atoms with E-state index in [9.17, 15) is 4.79 Å². The van der Waals surface area contributed by atoms with E-state index in [0.29, 0.717) is 13.0 Å². The number of amides is 1. The van der Waals surface area contributed by atoms with Crippen molar-refractivity contribution in [2.45, 2.75) is 25.8 Å². The Bertz CT molecular complexity index is 900. The number of unbranched alkanes of at least 4 members (excludes halogenated alkanes) is 1. The van der Waals surface area contributed by atoms with E-state index in [-0.39, 0.29) is 5.91 Å². The Labute approximate surface area is 159 Å². The van der Waals surface area contributed by atoms with E-state index in [2.05, 4.69) is 15.4 Å². The van der Waals surface area contributed by atoms with Crippen molar-refractivity contribution in [1.82, 2.24) is 19.5 Å². The van der Waals surface area contributed by atoms with E-state index >= 15 is 0 Å². The number of nitrogens with zero attached hydrogens (tertiary/aromatic N) is 4. The highest BCUT2D eigenvalue weighted by Gasteiger charge is 2.08. The van der Waals surface area contributed by atoms with Crippen LogP contribution in [0.4, 0.5) is 5.82 Å². The third kappa shape index (κ3) is 4.62. The third-order valence-electron chi connectivity index (χ3n) is 4.47. The predicted molar refractivity (Wildman–Crippen MR) is 107 cm³/mol. The van der Waals surface area contributed by atoms with Crippen molar-refractivity contribution in [2.75, 3.05) is 26.0 Å². The molecule has 0 fully saturated rings. The van der Waals surface area contributed by atoms with E-state index in [1.807, 2.05) is 47.1 Å². The summed E-state index contributed by atoms with van der Waals surface area (Å²) in [5, 5.41) is 7.98. The van der Waals surface area contributed by atoms with Crippen LogP contribution in [0.15, 0.2) is 42.6 Å². The van der Waals surface area contributed by atoms with Gasteiger partial charge in [-0.2, -0.15) is 0 Å². The zero-order valence-electron chi connectivity index (χ0n) is 15.9. The number of anilines is 1. The summed E-state index contributed by atoms with van der Waals surface area (Å²) in [6.07, 6.45) is 4.18. The minimum Gasteiger partial charge on any atom is -0.369 e. The van der Waals surface area contributed by atoms with Crippen molar-refractivity contribution in [1.29, 1.82) is 0 Å². The molecule has 2 heterocycles. The normalized spacial score (nSPS) is 10.9. The number of carbonyl (C=O) groups is 1. The molecule has 1 aromatic carbocycles. The second-order valence-corrected chi connectivity index (χ2v) is 6.71. The van der Waals surface area contributed by atoms with Gasteiger partial charge in [0.25, 0.3) is 0 Å². The summed E-state index contributed by atoms with van der Waals surface area (Å²) >= 11 is 0. The molecule has 3 aromatic rings. The summed E-state index contributed by atoms with van der Waals surface area (Å²) in [7, 11) is 3.57. The van der Waals surface area contributed by atoms with Crippen molar-refractivity contribution < 1.29 is 4.79 Å². The average Bonchev–Trinajstić information content (AvgIpc) is 3.10. The molecular formula is C20H26N6O. The van der Waals surface area contributed by atoms with Crippen LogP contribution in [-0.2, 0) is 11.3 Å². The number of hydrogen-bond donors (Lipinski definition) is 2. The van der Waals surface area contributed by atoms with Crippen LogP contribution in [0.3, 0.4) is 0 Å². The predicted octanol–water partition coefficient (Wildman–Crippen LogP) is 2.53. The summed E-state index contributed by atoms with van der Waals surface area (Å²) in [5.74, 6) is 0.956. The first-order valence-electron chi connectivity index (χ1n) is 9.16. The molecule has 3 N–H and O–H groups in total. The lowest BCUT2D eigenvalue weighted by Crippen LogP contribution is -2.21. The Balaban J connectivity index is 1.65. The van der Waals surface area contributed by atoms with Gasteiger partial charge in [0.1, 0.15) is 5.82 Å². The molecule has 0 bridgehead atoms. The van der Waals surface area contributed by atoms with Crippen LogP contribution in [0.25, 0.3) is 16.9 Å². The fourth-order valence-electron chi connectivity index (χ4n) is 2.82. The van der Waals surface area contributed by atoms with E-state index in [1.54, 1.807) is 19.0 Å². The van der Waals surface area contributed by atoms with Crippen LogP contribution in [0.1, 0.15) is 24.8 Å². The summed E-state index contributed by atoms with van der Waals surface area (Å²) in [6.45, 7) is 1.30. The summed E-state index contributed by atoms with van der Waals surface area (Å²) in [6, 6.07) is 12.0. The van der Waals surface area contributed by atoms with Gasteiger partial charge in [-0.05, 0) is 30.5 Å². The van der Waals surface area contributed by atoms with Crippen LogP contribution < -0.4 is 11.1 Å². The summed E-state index contributed by atoms with van der Waals surface area (Å²) < 4.78 is 1.84. The molecule has 27 heavy (non-hydrogen) atoms. The number of benzene rings is 1. The van der Waals surface area contributed by atoms with Crippen LogP contribution in [0.5, 0.6) is 0 Å². The van der Waals surface area contributed by atoms with Gasteiger partial charge in [0, 0.05) is 39.2 Å². The number of aromatic nitrogens is 3. The molecule has 3 rings (SSSR count). The van der Waals surface area contributed by atoms with Gasteiger partial charge in [-0.15, -0.1) is 5.10 Å². The number of nitrogens with two attached hydrogens (primary N) is 1. The largest absolute Gasteiger partial charge is 0.369 e. The highest BCUT2D eigenvalue weighted by atomic mass is 16.2. The second kappa shape index (κ2) is 8.64. The lowest BCUT2D eigenvalue weighted by Gasteiger charge is -2.10. The van der Waals surface area contributed by atoms with E-state index < -0.39 is 0 Å². The smallest absolute Gasteiger partial charge is 0.222 e. The molecule has 0 radical (unpaired) electrons. The highest BCUT2D eigenvalue weighted by molar-refractivity contribution is 5.75. The van der Waals surface area contributed by atoms with Crippen molar-refractivity contribution >= 4 is 17.4 Å². The van der Waals surface area contributed by atoms with Gasteiger partial charge in [-0.25, -0.2) is 9.50 Å². The van der Waals surface area contributed by atoms with Crippen LogP contribution in [0, 0.1) is 0 Å². The number of hydrogen-bond acceptors (Lipinski definition) is 5. The van der Waals surface area contributed by atoms with Gasteiger partial charge >= 0.3 is 0 Å². The minimum atomic E-state index is 0.165. The Morgan fingerprint density at radius 2 is 1.93 bits per heavy atom. The molecule has 0 aliphatic heterocycles. The Morgan fingerprint density at radius 3 is 2.63 bits per heavy atom. The zero-order valence-corrected chi connectivity index (χ0v) is 15.9. The molecule has 0 saturated carbocycles. The lowest BCUT2D eigenvalue weighted by molar-refractivity contribution is -0.128. The molecule has 7 nitrogen and oxygen atoms in total. The Hall–Kier alpha value is -2.93. The maximum Gasteiger partial charge on any atom is 0.222 e.